The van der Waals surface area contributed by atoms with Gasteiger partial charge in [-0.1, -0.05) is 36.5 Å². The van der Waals surface area contributed by atoms with Crippen LogP contribution in [0.4, 0.5) is 0 Å². The van der Waals surface area contributed by atoms with Crippen LogP contribution in [0.15, 0.2) is 47.6 Å². The molecule has 8 heavy (non-hydrogen) atoms. The highest BCUT2D eigenvalue weighted by molar-refractivity contribution is 5.59. The molecular formula is C8H6. The average Bonchev–Trinajstić information content (AvgIpc) is 2.49. The summed E-state index contributed by atoms with van der Waals surface area (Å²) < 4.78 is 0. The molecule has 0 spiro atoms. The van der Waals surface area contributed by atoms with E-state index in [0.29, 0.717) is 0 Å². The third-order valence-electron chi connectivity index (χ3n) is 1.33. The predicted molar refractivity (Wildman–Crippen MR) is 34.4 cm³/mol. The molecule has 0 saturated carbocycles. The maximum absolute atomic E-state index is 2.12. The summed E-state index contributed by atoms with van der Waals surface area (Å²) in [6.45, 7) is 0. The van der Waals surface area contributed by atoms with E-state index in [2.05, 4.69) is 36.5 Å². The van der Waals surface area contributed by atoms with Crippen LogP contribution in [-0.2, 0) is 0 Å². The lowest BCUT2D eigenvalue weighted by atomic mass is 10.2. The maximum Gasteiger partial charge on any atom is -0.0184 e. The van der Waals surface area contributed by atoms with E-state index in [0.717, 1.165) is 0 Å². The molecule has 0 amide bonds. The van der Waals surface area contributed by atoms with Crippen LogP contribution >= 0.6 is 0 Å². The molecule has 0 aliphatic heterocycles. The van der Waals surface area contributed by atoms with Gasteiger partial charge in [0, 0.05) is 0 Å². The van der Waals surface area contributed by atoms with Crippen LogP contribution < -0.4 is 0 Å². The second kappa shape index (κ2) is 1.22. The molecule has 2 rings (SSSR count). The predicted octanol–water partition coefficient (Wildman–Crippen LogP) is 1.98. The van der Waals surface area contributed by atoms with Crippen LogP contribution in [0.2, 0.25) is 0 Å². The van der Waals surface area contributed by atoms with Crippen molar-refractivity contribution in [2.75, 3.05) is 0 Å². The monoisotopic (exact) mass is 102 g/mol. The van der Waals surface area contributed by atoms with E-state index in [9.17, 15) is 0 Å². The van der Waals surface area contributed by atoms with E-state index in [1.165, 1.54) is 11.1 Å². The summed E-state index contributed by atoms with van der Waals surface area (Å²) in [4.78, 5) is 0. The molecule has 38 valence electrons. The Morgan fingerprint density at radius 3 is 1.62 bits per heavy atom. The van der Waals surface area contributed by atoms with Crippen molar-refractivity contribution >= 4 is 0 Å². The fourth-order valence-electron chi connectivity index (χ4n) is 0.801. The van der Waals surface area contributed by atoms with E-state index >= 15 is 0 Å². The SMILES string of the molecule is C1=CC(=C2C=C2)C=C1. The standard InChI is InChI=1S/C8H6/c1-2-4-7(3-1)8-5-6-8/h1-6H. The fourth-order valence-corrected chi connectivity index (χ4v) is 0.801. The Morgan fingerprint density at radius 1 is 0.625 bits per heavy atom. The maximum atomic E-state index is 2.12. The van der Waals surface area contributed by atoms with Crippen LogP contribution in [0.5, 0.6) is 0 Å². The van der Waals surface area contributed by atoms with E-state index < -0.39 is 0 Å². The van der Waals surface area contributed by atoms with E-state index in [1.54, 1.807) is 0 Å². The van der Waals surface area contributed by atoms with E-state index in [4.69, 9.17) is 0 Å². The molecule has 0 radical (unpaired) electrons. The minimum absolute atomic E-state index is 1.35. The highest BCUT2D eigenvalue weighted by atomic mass is 14.1. The van der Waals surface area contributed by atoms with Crippen LogP contribution in [-0.4, -0.2) is 0 Å². The molecule has 0 fully saturated rings. The highest BCUT2D eigenvalue weighted by Gasteiger charge is 2.04. The van der Waals surface area contributed by atoms with Gasteiger partial charge in [-0.25, -0.2) is 0 Å². The Morgan fingerprint density at radius 2 is 1.12 bits per heavy atom. The molecule has 0 aromatic heterocycles. The molecule has 0 atom stereocenters. The number of allylic oxidation sites excluding steroid dienone is 8. The summed E-state index contributed by atoms with van der Waals surface area (Å²) in [5, 5.41) is 0. The number of rotatable bonds is 0. The van der Waals surface area contributed by atoms with Crippen molar-refractivity contribution in [3.8, 4) is 0 Å². The van der Waals surface area contributed by atoms with E-state index in [1.807, 2.05) is 0 Å². The Labute approximate surface area is 48.5 Å². The zero-order chi connectivity index (χ0) is 5.40. The number of hydrogen-bond donors (Lipinski definition) is 0. The van der Waals surface area contributed by atoms with Crippen molar-refractivity contribution in [1.82, 2.24) is 0 Å². The third-order valence-corrected chi connectivity index (χ3v) is 1.33. The summed E-state index contributed by atoms with van der Waals surface area (Å²) in [5.74, 6) is 0. The van der Waals surface area contributed by atoms with Crippen LogP contribution in [0.1, 0.15) is 0 Å². The molecular weight excluding hydrogens is 96.1 g/mol. The van der Waals surface area contributed by atoms with Crippen molar-refractivity contribution in [3.63, 3.8) is 0 Å². The largest absolute Gasteiger partial charge is 0.0616 e. The van der Waals surface area contributed by atoms with Crippen molar-refractivity contribution < 1.29 is 0 Å². The molecule has 0 heterocycles. The minimum Gasteiger partial charge on any atom is -0.0616 e. The summed E-state index contributed by atoms with van der Waals surface area (Å²) in [7, 11) is 0. The van der Waals surface area contributed by atoms with Gasteiger partial charge in [0.15, 0.2) is 0 Å². The van der Waals surface area contributed by atoms with Crippen molar-refractivity contribution in [1.29, 1.82) is 0 Å². The summed E-state index contributed by atoms with van der Waals surface area (Å²) in [5.41, 5.74) is 2.74. The van der Waals surface area contributed by atoms with Crippen LogP contribution in [0.25, 0.3) is 0 Å². The number of hydrogen-bond acceptors (Lipinski definition) is 0. The Balaban J connectivity index is 2.42. The zero-order valence-corrected chi connectivity index (χ0v) is 4.46. The lowest BCUT2D eigenvalue weighted by molar-refractivity contribution is 1.74. The molecule has 2 aliphatic rings. The van der Waals surface area contributed by atoms with Gasteiger partial charge in [-0.15, -0.1) is 0 Å². The van der Waals surface area contributed by atoms with Gasteiger partial charge in [-0.3, -0.25) is 0 Å². The van der Waals surface area contributed by atoms with Gasteiger partial charge in [0.2, 0.25) is 0 Å². The second-order valence-electron chi connectivity index (χ2n) is 1.96. The van der Waals surface area contributed by atoms with Crippen molar-refractivity contribution in [2.45, 2.75) is 0 Å². The fraction of sp³-hybridized carbons (Fsp3) is 0. The molecule has 0 heteroatoms. The van der Waals surface area contributed by atoms with Gasteiger partial charge >= 0.3 is 0 Å². The highest BCUT2D eigenvalue weighted by Crippen LogP contribution is 2.23. The quantitative estimate of drug-likeness (QED) is 0.438. The van der Waals surface area contributed by atoms with Gasteiger partial charge in [-0.2, -0.15) is 0 Å². The first-order valence-corrected chi connectivity index (χ1v) is 2.74. The van der Waals surface area contributed by atoms with Gasteiger partial charge in [0.1, 0.15) is 0 Å². The zero-order valence-electron chi connectivity index (χ0n) is 4.46. The lowest BCUT2D eigenvalue weighted by Gasteiger charge is -1.80. The topological polar surface area (TPSA) is 0 Å². The van der Waals surface area contributed by atoms with Gasteiger partial charge < -0.3 is 0 Å². The molecule has 0 aromatic carbocycles. The molecule has 0 saturated heterocycles. The smallest absolute Gasteiger partial charge is 0.0184 e. The molecule has 0 nitrogen and oxygen atoms in total. The van der Waals surface area contributed by atoms with Crippen molar-refractivity contribution in [3.05, 3.63) is 47.6 Å². The van der Waals surface area contributed by atoms with Gasteiger partial charge in [0.25, 0.3) is 0 Å². The van der Waals surface area contributed by atoms with E-state index in [-0.39, 0.29) is 0 Å². The van der Waals surface area contributed by atoms with Gasteiger partial charge in [-0.05, 0) is 11.1 Å². The first-order valence-electron chi connectivity index (χ1n) is 2.74. The van der Waals surface area contributed by atoms with Crippen LogP contribution in [0, 0.1) is 0 Å². The molecule has 0 N–H and O–H groups in total. The molecule has 2 aliphatic carbocycles. The Hall–Kier alpha value is -1.04. The summed E-state index contributed by atoms with van der Waals surface area (Å²) in [6, 6.07) is 0. The summed E-state index contributed by atoms with van der Waals surface area (Å²) >= 11 is 0. The van der Waals surface area contributed by atoms with Crippen molar-refractivity contribution in [2.24, 2.45) is 0 Å². The average molecular weight is 102 g/mol. The summed E-state index contributed by atoms with van der Waals surface area (Å²) in [6.07, 6.45) is 12.6. The first-order chi connectivity index (χ1) is 3.97. The Kier molecular flexibility index (Phi) is 0.595. The molecule has 0 aromatic rings. The normalized spacial score (nSPS) is 21.0. The Bertz CT molecular complexity index is 202. The van der Waals surface area contributed by atoms with Crippen LogP contribution in [0.3, 0.4) is 0 Å². The molecule has 0 bridgehead atoms. The lowest BCUT2D eigenvalue weighted by Crippen LogP contribution is -1.62. The third kappa shape index (κ3) is 0.463. The first kappa shape index (κ1) is 3.90. The minimum atomic E-state index is 1.35. The van der Waals surface area contributed by atoms with Gasteiger partial charge in [0.05, 0.1) is 0 Å². The molecule has 0 unspecified atom stereocenters. The second-order valence-corrected chi connectivity index (χ2v) is 1.96.